The standard InChI is InChI=1S/C17H21NO/c1-13-5-4-6-15(11-13)12-18-14(2)16-7-9-17(19-3)10-8-16/h4-11,14,18H,12H2,1-3H3/t14-/m0/s1. The van der Waals surface area contributed by atoms with Crippen LogP contribution in [0.3, 0.4) is 0 Å². The Balaban J connectivity index is 1.95. The minimum Gasteiger partial charge on any atom is -0.497 e. The Morgan fingerprint density at radius 2 is 1.84 bits per heavy atom. The molecule has 100 valence electrons. The fraction of sp³-hybridized carbons (Fsp3) is 0.294. The van der Waals surface area contributed by atoms with Gasteiger partial charge in [0, 0.05) is 12.6 Å². The predicted octanol–water partition coefficient (Wildman–Crippen LogP) is 3.85. The van der Waals surface area contributed by atoms with Gasteiger partial charge in [-0.25, -0.2) is 0 Å². The molecule has 0 spiro atoms. The Bertz CT molecular complexity index is 519. The van der Waals surface area contributed by atoms with E-state index in [9.17, 15) is 0 Å². The van der Waals surface area contributed by atoms with Gasteiger partial charge < -0.3 is 10.1 Å². The van der Waals surface area contributed by atoms with Crippen LogP contribution in [0.1, 0.15) is 29.7 Å². The Morgan fingerprint density at radius 3 is 2.47 bits per heavy atom. The predicted molar refractivity (Wildman–Crippen MR) is 79.4 cm³/mol. The molecule has 0 radical (unpaired) electrons. The molecule has 2 aromatic rings. The summed E-state index contributed by atoms with van der Waals surface area (Å²) in [5, 5.41) is 3.54. The molecule has 0 fully saturated rings. The summed E-state index contributed by atoms with van der Waals surface area (Å²) in [6, 6.07) is 17.1. The lowest BCUT2D eigenvalue weighted by Crippen LogP contribution is -2.18. The van der Waals surface area contributed by atoms with Gasteiger partial charge in [-0.15, -0.1) is 0 Å². The highest BCUT2D eigenvalue weighted by molar-refractivity contribution is 5.29. The van der Waals surface area contributed by atoms with Gasteiger partial charge in [0.25, 0.3) is 0 Å². The summed E-state index contributed by atoms with van der Waals surface area (Å²) in [6.07, 6.45) is 0. The van der Waals surface area contributed by atoms with Crippen molar-refractivity contribution in [1.82, 2.24) is 5.32 Å². The second kappa shape index (κ2) is 6.39. The SMILES string of the molecule is COc1ccc([C@H](C)NCc2cccc(C)c2)cc1. The van der Waals surface area contributed by atoms with Gasteiger partial charge in [0.2, 0.25) is 0 Å². The van der Waals surface area contributed by atoms with Crippen molar-refractivity contribution in [3.05, 3.63) is 65.2 Å². The molecule has 0 amide bonds. The Kier molecular flexibility index (Phi) is 4.58. The molecule has 19 heavy (non-hydrogen) atoms. The molecule has 2 nitrogen and oxygen atoms in total. The Morgan fingerprint density at radius 1 is 1.11 bits per heavy atom. The summed E-state index contributed by atoms with van der Waals surface area (Å²) in [5.74, 6) is 0.898. The molecule has 0 aliphatic rings. The fourth-order valence-corrected chi connectivity index (χ4v) is 2.10. The highest BCUT2D eigenvalue weighted by Gasteiger charge is 2.05. The largest absolute Gasteiger partial charge is 0.497 e. The van der Waals surface area contributed by atoms with Gasteiger partial charge in [-0.3, -0.25) is 0 Å². The van der Waals surface area contributed by atoms with Gasteiger partial charge in [-0.05, 0) is 37.1 Å². The number of nitrogens with one attached hydrogen (secondary N) is 1. The van der Waals surface area contributed by atoms with E-state index in [-0.39, 0.29) is 0 Å². The van der Waals surface area contributed by atoms with E-state index in [0.717, 1.165) is 12.3 Å². The minimum absolute atomic E-state index is 0.325. The summed E-state index contributed by atoms with van der Waals surface area (Å²) in [7, 11) is 1.69. The van der Waals surface area contributed by atoms with Gasteiger partial charge in [-0.1, -0.05) is 42.0 Å². The molecule has 0 bridgehead atoms. The highest BCUT2D eigenvalue weighted by atomic mass is 16.5. The average molecular weight is 255 g/mol. The third-order valence-electron chi connectivity index (χ3n) is 3.31. The summed E-state index contributed by atoms with van der Waals surface area (Å²) >= 11 is 0. The zero-order valence-electron chi connectivity index (χ0n) is 11.8. The number of hydrogen-bond acceptors (Lipinski definition) is 2. The first kappa shape index (κ1) is 13.6. The molecule has 0 saturated heterocycles. The molecule has 2 heteroatoms. The maximum absolute atomic E-state index is 5.17. The molecule has 0 saturated carbocycles. The van der Waals surface area contributed by atoms with Crippen molar-refractivity contribution in [2.75, 3.05) is 7.11 Å². The van der Waals surface area contributed by atoms with Crippen LogP contribution in [-0.4, -0.2) is 7.11 Å². The molecule has 0 aromatic heterocycles. The number of benzene rings is 2. The van der Waals surface area contributed by atoms with Crippen molar-refractivity contribution in [2.24, 2.45) is 0 Å². The van der Waals surface area contributed by atoms with Crippen LogP contribution in [0.2, 0.25) is 0 Å². The van der Waals surface area contributed by atoms with Crippen LogP contribution in [0.4, 0.5) is 0 Å². The van der Waals surface area contributed by atoms with Crippen LogP contribution >= 0.6 is 0 Å². The minimum atomic E-state index is 0.325. The van der Waals surface area contributed by atoms with E-state index in [2.05, 4.69) is 55.6 Å². The van der Waals surface area contributed by atoms with Gasteiger partial charge in [0.15, 0.2) is 0 Å². The maximum Gasteiger partial charge on any atom is 0.118 e. The lowest BCUT2D eigenvalue weighted by Gasteiger charge is -2.15. The smallest absolute Gasteiger partial charge is 0.118 e. The van der Waals surface area contributed by atoms with E-state index < -0.39 is 0 Å². The topological polar surface area (TPSA) is 21.3 Å². The molecule has 0 heterocycles. The number of hydrogen-bond donors (Lipinski definition) is 1. The third kappa shape index (κ3) is 3.83. The molecule has 1 atom stereocenters. The van der Waals surface area contributed by atoms with E-state index in [1.807, 2.05) is 12.1 Å². The monoisotopic (exact) mass is 255 g/mol. The first-order chi connectivity index (χ1) is 9.19. The molecule has 0 aliphatic heterocycles. The number of ether oxygens (including phenoxy) is 1. The second-order valence-electron chi connectivity index (χ2n) is 4.86. The van der Waals surface area contributed by atoms with Gasteiger partial charge in [0.05, 0.1) is 7.11 Å². The normalized spacial score (nSPS) is 12.2. The Labute approximate surface area is 115 Å². The van der Waals surface area contributed by atoms with E-state index in [0.29, 0.717) is 6.04 Å². The molecule has 0 aliphatic carbocycles. The van der Waals surface area contributed by atoms with Crippen molar-refractivity contribution < 1.29 is 4.74 Å². The van der Waals surface area contributed by atoms with Crippen LogP contribution in [0, 0.1) is 6.92 Å². The summed E-state index contributed by atoms with van der Waals surface area (Å²) in [6.45, 7) is 5.18. The summed E-state index contributed by atoms with van der Waals surface area (Å²) < 4.78 is 5.17. The molecule has 2 rings (SSSR count). The third-order valence-corrected chi connectivity index (χ3v) is 3.31. The van der Waals surface area contributed by atoms with Crippen molar-refractivity contribution in [3.8, 4) is 5.75 Å². The van der Waals surface area contributed by atoms with Crippen molar-refractivity contribution >= 4 is 0 Å². The van der Waals surface area contributed by atoms with Gasteiger partial charge in [-0.2, -0.15) is 0 Å². The molecular weight excluding hydrogens is 234 g/mol. The van der Waals surface area contributed by atoms with Crippen molar-refractivity contribution in [2.45, 2.75) is 26.4 Å². The molecule has 2 aromatic carbocycles. The first-order valence-corrected chi connectivity index (χ1v) is 6.62. The zero-order chi connectivity index (χ0) is 13.7. The van der Waals surface area contributed by atoms with Gasteiger partial charge in [0.1, 0.15) is 5.75 Å². The number of rotatable bonds is 5. The van der Waals surface area contributed by atoms with Crippen molar-refractivity contribution in [1.29, 1.82) is 0 Å². The van der Waals surface area contributed by atoms with Gasteiger partial charge >= 0.3 is 0 Å². The van der Waals surface area contributed by atoms with Crippen LogP contribution in [0.25, 0.3) is 0 Å². The lowest BCUT2D eigenvalue weighted by atomic mass is 10.1. The first-order valence-electron chi connectivity index (χ1n) is 6.62. The van der Waals surface area contributed by atoms with E-state index >= 15 is 0 Å². The summed E-state index contributed by atoms with van der Waals surface area (Å²) in [4.78, 5) is 0. The average Bonchev–Trinajstić information content (AvgIpc) is 2.45. The van der Waals surface area contributed by atoms with E-state index in [1.54, 1.807) is 7.11 Å². The lowest BCUT2D eigenvalue weighted by molar-refractivity contribution is 0.414. The van der Waals surface area contributed by atoms with Crippen LogP contribution in [0.5, 0.6) is 5.75 Å². The second-order valence-corrected chi connectivity index (χ2v) is 4.86. The van der Waals surface area contributed by atoms with Crippen molar-refractivity contribution in [3.63, 3.8) is 0 Å². The quantitative estimate of drug-likeness (QED) is 0.876. The van der Waals surface area contributed by atoms with Crippen LogP contribution < -0.4 is 10.1 Å². The molecule has 1 N–H and O–H groups in total. The van der Waals surface area contributed by atoms with Crippen LogP contribution in [0.15, 0.2) is 48.5 Å². The highest BCUT2D eigenvalue weighted by Crippen LogP contribution is 2.17. The Hall–Kier alpha value is -1.80. The number of methoxy groups -OCH3 is 1. The zero-order valence-corrected chi connectivity index (χ0v) is 11.8. The van der Waals surface area contributed by atoms with Crippen LogP contribution in [-0.2, 0) is 6.54 Å². The van der Waals surface area contributed by atoms with E-state index in [4.69, 9.17) is 4.74 Å². The fourth-order valence-electron chi connectivity index (χ4n) is 2.10. The number of aryl methyl sites for hydroxylation is 1. The molecule has 0 unspecified atom stereocenters. The molecular formula is C17H21NO. The van der Waals surface area contributed by atoms with E-state index in [1.165, 1.54) is 16.7 Å². The summed E-state index contributed by atoms with van der Waals surface area (Å²) in [5.41, 5.74) is 3.89. The maximum atomic E-state index is 5.17.